The molecule has 1 rings (SSSR count). The number of halogens is 1. The van der Waals surface area contributed by atoms with E-state index in [1.54, 1.807) is 12.1 Å². The predicted octanol–water partition coefficient (Wildman–Crippen LogP) is 1.91. The first-order chi connectivity index (χ1) is 8.61. The van der Waals surface area contributed by atoms with Crippen LogP contribution in [0.15, 0.2) is 29.3 Å². The summed E-state index contributed by atoms with van der Waals surface area (Å²) in [5.74, 6) is 0.770. The van der Waals surface area contributed by atoms with E-state index in [9.17, 15) is 4.39 Å². The molecule has 0 fully saturated rings. The molecule has 1 atom stereocenters. The summed E-state index contributed by atoms with van der Waals surface area (Å²) in [5.41, 5.74) is 5.66. The van der Waals surface area contributed by atoms with Crippen molar-refractivity contribution in [1.82, 2.24) is 5.32 Å². The summed E-state index contributed by atoms with van der Waals surface area (Å²) in [6.45, 7) is 5.21. The van der Waals surface area contributed by atoms with Crippen LogP contribution in [-0.4, -0.2) is 25.2 Å². The van der Waals surface area contributed by atoms with Crippen LogP contribution >= 0.6 is 0 Å². The largest absolute Gasteiger partial charge is 0.489 e. The molecule has 1 aromatic carbocycles. The van der Waals surface area contributed by atoms with Crippen LogP contribution in [0.2, 0.25) is 0 Å². The normalized spacial score (nSPS) is 13.2. The maximum atomic E-state index is 12.7. The smallest absolute Gasteiger partial charge is 0.188 e. The van der Waals surface area contributed by atoms with Gasteiger partial charge in [-0.3, -0.25) is 0 Å². The third-order valence-electron chi connectivity index (χ3n) is 2.23. The van der Waals surface area contributed by atoms with Crippen molar-refractivity contribution in [3.8, 4) is 5.75 Å². The highest BCUT2D eigenvalue weighted by molar-refractivity contribution is 5.77. The Balaban J connectivity index is 2.37. The molecule has 0 aromatic heterocycles. The molecular weight excluding hydrogens is 233 g/mol. The van der Waals surface area contributed by atoms with Gasteiger partial charge in [0.25, 0.3) is 0 Å². The van der Waals surface area contributed by atoms with Crippen molar-refractivity contribution < 1.29 is 9.13 Å². The highest BCUT2D eigenvalue weighted by Crippen LogP contribution is 2.12. The second-order valence-electron chi connectivity index (χ2n) is 4.04. The second-order valence-corrected chi connectivity index (χ2v) is 4.04. The molecule has 1 unspecified atom stereocenters. The fraction of sp³-hybridized carbons (Fsp3) is 0.462. The first kappa shape index (κ1) is 14.3. The summed E-state index contributed by atoms with van der Waals surface area (Å²) in [7, 11) is 0. The van der Waals surface area contributed by atoms with Gasteiger partial charge in [-0.1, -0.05) is 6.92 Å². The summed E-state index contributed by atoms with van der Waals surface area (Å²) in [6, 6.07) is 5.91. The lowest BCUT2D eigenvalue weighted by atomic mass is 10.3. The van der Waals surface area contributed by atoms with Gasteiger partial charge in [-0.05, 0) is 37.6 Å². The van der Waals surface area contributed by atoms with Gasteiger partial charge in [0.05, 0.1) is 6.54 Å². The van der Waals surface area contributed by atoms with E-state index in [4.69, 9.17) is 10.5 Å². The van der Waals surface area contributed by atoms with Crippen LogP contribution in [0.1, 0.15) is 20.3 Å². The lowest BCUT2D eigenvalue weighted by Crippen LogP contribution is -2.33. The molecule has 3 N–H and O–H groups in total. The summed E-state index contributed by atoms with van der Waals surface area (Å²) in [4.78, 5) is 4.16. The van der Waals surface area contributed by atoms with Crippen LogP contribution in [0.3, 0.4) is 0 Å². The summed E-state index contributed by atoms with van der Waals surface area (Å²) < 4.78 is 18.3. The van der Waals surface area contributed by atoms with Gasteiger partial charge in [0.15, 0.2) is 5.96 Å². The Morgan fingerprint density at radius 3 is 2.72 bits per heavy atom. The molecule has 100 valence electrons. The van der Waals surface area contributed by atoms with E-state index in [-0.39, 0.29) is 11.9 Å². The minimum Gasteiger partial charge on any atom is -0.489 e. The summed E-state index contributed by atoms with van der Waals surface area (Å²) in [5, 5.41) is 2.98. The zero-order valence-corrected chi connectivity index (χ0v) is 10.8. The van der Waals surface area contributed by atoms with Crippen molar-refractivity contribution in [3.05, 3.63) is 30.1 Å². The van der Waals surface area contributed by atoms with Crippen LogP contribution in [0.5, 0.6) is 5.75 Å². The molecule has 0 saturated heterocycles. The van der Waals surface area contributed by atoms with Crippen molar-refractivity contribution in [2.45, 2.75) is 26.4 Å². The molecule has 0 aliphatic rings. The second kappa shape index (κ2) is 7.53. The fourth-order valence-electron chi connectivity index (χ4n) is 1.32. The van der Waals surface area contributed by atoms with Gasteiger partial charge in [-0.25, -0.2) is 9.38 Å². The summed E-state index contributed by atoms with van der Waals surface area (Å²) >= 11 is 0. The number of ether oxygens (including phenoxy) is 1. The Labute approximate surface area is 107 Å². The predicted molar refractivity (Wildman–Crippen MR) is 71.3 cm³/mol. The number of nitrogens with two attached hydrogens (primary N) is 1. The molecule has 0 amide bonds. The molecular formula is C13H20FN3O. The number of aliphatic imine (C=N–C) groups is 1. The van der Waals surface area contributed by atoms with E-state index in [0.717, 1.165) is 13.0 Å². The third kappa shape index (κ3) is 5.52. The Kier molecular flexibility index (Phi) is 5.97. The molecule has 0 spiro atoms. The molecule has 18 heavy (non-hydrogen) atoms. The lowest BCUT2D eigenvalue weighted by molar-refractivity contribution is 0.230. The first-order valence-corrected chi connectivity index (χ1v) is 6.07. The average molecular weight is 253 g/mol. The van der Waals surface area contributed by atoms with Crippen LogP contribution in [0, 0.1) is 5.82 Å². The van der Waals surface area contributed by atoms with Crippen LogP contribution < -0.4 is 15.8 Å². The highest BCUT2D eigenvalue weighted by Gasteiger charge is 2.03. The number of hydrogen-bond donors (Lipinski definition) is 2. The zero-order valence-electron chi connectivity index (χ0n) is 10.8. The van der Waals surface area contributed by atoms with Crippen molar-refractivity contribution in [2.75, 3.05) is 13.1 Å². The number of nitrogens with one attached hydrogen (secondary N) is 1. The van der Waals surface area contributed by atoms with Crippen LogP contribution in [0.4, 0.5) is 4.39 Å². The van der Waals surface area contributed by atoms with E-state index in [1.165, 1.54) is 12.1 Å². The number of hydrogen-bond acceptors (Lipinski definition) is 2. The molecule has 0 aliphatic heterocycles. The Bertz CT molecular complexity index is 378. The van der Waals surface area contributed by atoms with Crippen molar-refractivity contribution >= 4 is 5.96 Å². The summed E-state index contributed by atoms with van der Waals surface area (Å²) in [6.07, 6.45) is 0.884. The maximum absolute atomic E-state index is 12.7. The third-order valence-corrected chi connectivity index (χ3v) is 2.23. The molecule has 5 heteroatoms. The molecule has 0 bridgehead atoms. The van der Waals surface area contributed by atoms with E-state index in [0.29, 0.717) is 18.3 Å². The van der Waals surface area contributed by atoms with Crippen LogP contribution in [0.25, 0.3) is 0 Å². The quantitative estimate of drug-likeness (QED) is 0.601. The SMILES string of the molecule is CCCNC(N)=NCC(C)Oc1ccc(F)cc1. The van der Waals surface area contributed by atoms with Gasteiger partial charge in [0, 0.05) is 6.54 Å². The van der Waals surface area contributed by atoms with Gasteiger partial charge in [0.1, 0.15) is 17.7 Å². The van der Waals surface area contributed by atoms with Gasteiger partial charge >= 0.3 is 0 Å². The van der Waals surface area contributed by atoms with Crippen molar-refractivity contribution in [3.63, 3.8) is 0 Å². The van der Waals surface area contributed by atoms with Crippen molar-refractivity contribution in [1.29, 1.82) is 0 Å². The van der Waals surface area contributed by atoms with Crippen molar-refractivity contribution in [2.24, 2.45) is 10.7 Å². The minimum atomic E-state index is -0.277. The average Bonchev–Trinajstić information content (AvgIpc) is 2.36. The van der Waals surface area contributed by atoms with Gasteiger partial charge < -0.3 is 15.8 Å². The number of benzene rings is 1. The fourth-order valence-corrected chi connectivity index (χ4v) is 1.32. The lowest BCUT2D eigenvalue weighted by Gasteiger charge is -2.13. The topological polar surface area (TPSA) is 59.6 Å². The molecule has 0 radical (unpaired) electrons. The van der Waals surface area contributed by atoms with E-state index >= 15 is 0 Å². The van der Waals surface area contributed by atoms with E-state index in [1.807, 2.05) is 6.92 Å². The van der Waals surface area contributed by atoms with Gasteiger partial charge in [-0.15, -0.1) is 0 Å². The number of nitrogens with zero attached hydrogens (tertiary/aromatic N) is 1. The van der Waals surface area contributed by atoms with E-state index < -0.39 is 0 Å². The first-order valence-electron chi connectivity index (χ1n) is 6.07. The van der Waals surface area contributed by atoms with Gasteiger partial charge in [-0.2, -0.15) is 0 Å². The molecule has 0 saturated carbocycles. The zero-order chi connectivity index (χ0) is 13.4. The Morgan fingerprint density at radius 2 is 2.11 bits per heavy atom. The molecule has 4 nitrogen and oxygen atoms in total. The Morgan fingerprint density at radius 1 is 1.44 bits per heavy atom. The monoisotopic (exact) mass is 253 g/mol. The molecule has 1 aromatic rings. The van der Waals surface area contributed by atoms with Crippen LogP contribution in [-0.2, 0) is 0 Å². The van der Waals surface area contributed by atoms with Gasteiger partial charge in [0.2, 0.25) is 0 Å². The minimum absolute atomic E-state index is 0.113. The number of guanidine groups is 1. The number of rotatable bonds is 6. The Hall–Kier alpha value is -1.78. The standard InChI is InChI=1S/C13H20FN3O/c1-3-8-16-13(15)17-9-10(2)18-12-6-4-11(14)5-7-12/h4-7,10H,3,8-9H2,1-2H3,(H3,15,16,17). The molecule has 0 heterocycles. The highest BCUT2D eigenvalue weighted by atomic mass is 19.1. The van der Waals surface area contributed by atoms with E-state index in [2.05, 4.69) is 17.2 Å². The molecule has 0 aliphatic carbocycles. The maximum Gasteiger partial charge on any atom is 0.188 e.